The standard InChI is InChI=1S/C13H18N4/c1-9-8-12(15-10(2)14-9)17-7-6-11(16-17)13(3,4)5/h6-8H,1-5H3. The maximum Gasteiger partial charge on any atom is 0.157 e. The normalized spacial score (nSPS) is 11.8. The lowest BCUT2D eigenvalue weighted by Crippen LogP contribution is -2.13. The van der Waals surface area contributed by atoms with Gasteiger partial charge < -0.3 is 0 Å². The average molecular weight is 230 g/mol. The Morgan fingerprint density at radius 1 is 1.12 bits per heavy atom. The van der Waals surface area contributed by atoms with Crippen LogP contribution in [0.5, 0.6) is 0 Å². The molecule has 2 heterocycles. The van der Waals surface area contributed by atoms with E-state index in [2.05, 4.69) is 35.8 Å². The Balaban J connectivity index is 2.44. The fraction of sp³-hybridized carbons (Fsp3) is 0.462. The molecule has 0 N–H and O–H groups in total. The highest BCUT2D eigenvalue weighted by atomic mass is 15.3. The van der Waals surface area contributed by atoms with Crippen molar-refractivity contribution >= 4 is 0 Å². The van der Waals surface area contributed by atoms with Crippen LogP contribution in [-0.2, 0) is 5.41 Å². The van der Waals surface area contributed by atoms with Crippen molar-refractivity contribution in [3.05, 3.63) is 35.5 Å². The lowest BCUT2D eigenvalue weighted by molar-refractivity contribution is 0.559. The number of nitrogens with zero attached hydrogens (tertiary/aromatic N) is 4. The number of hydrogen-bond donors (Lipinski definition) is 0. The first-order valence-corrected chi connectivity index (χ1v) is 5.75. The maximum absolute atomic E-state index is 4.56. The first-order valence-electron chi connectivity index (χ1n) is 5.75. The van der Waals surface area contributed by atoms with Crippen molar-refractivity contribution in [2.75, 3.05) is 0 Å². The molecule has 0 spiro atoms. The molecule has 0 saturated carbocycles. The third-order valence-corrected chi connectivity index (χ3v) is 2.54. The van der Waals surface area contributed by atoms with E-state index in [1.807, 2.05) is 36.9 Å². The van der Waals surface area contributed by atoms with Crippen molar-refractivity contribution in [2.24, 2.45) is 0 Å². The molecule has 17 heavy (non-hydrogen) atoms. The molecule has 0 saturated heterocycles. The van der Waals surface area contributed by atoms with Gasteiger partial charge in [0.1, 0.15) is 5.82 Å². The Hall–Kier alpha value is -1.71. The topological polar surface area (TPSA) is 43.6 Å². The third kappa shape index (κ3) is 2.52. The molecule has 0 aromatic carbocycles. The van der Waals surface area contributed by atoms with Crippen molar-refractivity contribution in [2.45, 2.75) is 40.0 Å². The summed E-state index contributed by atoms with van der Waals surface area (Å²) < 4.78 is 1.81. The molecule has 0 atom stereocenters. The predicted molar refractivity (Wildman–Crippen MR) is 67.3 cm³/mol. The Labute approximate surface area is 102 Å². The first kappa shape index (κ1) is 11.8. The van der Waals surface area contributed by atoms with Crippen LogP contribution in [-0.4, -0.2) is 19.7 Å². The zero-order valence-electron chi connectivity index (χ0n) is 11.0. The van der Waals surface area contributed by atoms with Crippen LogP contribution in [0.3, 0.4) is 0 Å². The van der Waals surface area contributed by atoms with Gasteiger partial charge >= 0.3 is 0 Å². The summed E-state index contributed by atoms with van der Waals surface area (Å²) >= 11 is 0. The van der Waals surface area contributed by atoms with Gasteiger partial charge in [-0.05, 0) is 19.9 Å². The van der Waals surface area contributed by atoms with Gasteiger partial charge in [0, 0.05) is 23.4 Å². The number of rotatable bonds is 1. The van der Waals surface area contributed by atoms with Gasteiger partial charge in [0.05, 0.1) is 5.69 Å². The molecule has 0 aliphatic heterocycles. The van der Waals surface area contributed by atoms with Gasteiger partial charge in [-0.3, -0.25) is 0 Å². The van der Waals surface area contributed by atoms with Gasteiger partial charge in [0.2, 0.25) is 0 Å². The molecule has 0 radical (unpaired) electrons. The van der Waals surface area contributed by atoms with Gasteiger partial charge in [-0.1, -0.05) is 20.8 Å². The molecule has 0 unspecified atom stereocenters. The molecule has 0 amide bonds. The van der Waals surface area contributed by atoms with Gasteiger partial charge in [0.25, 0.3) is 0 Å². The SMILES string of the molecule is Cc1cc(-n2ccc(C(C)(C)C)n2)nc(C)n1. The van der Waals surface area contributed by atoms with Crippen molar-refractivity contribution < 1.29 is 0 Å². The molecule has 4 nitrogen and oxygen atoms in total. The minimum Gasteiger partial charge on any atom is -0.238 e. The Morgan fingerprint density at radius 2 is 1.82 bits per heavy atom. The molecule has 0 aliphatic rings. The summed E-state index contributed by atoms with van der Waals surface area (Å²) in [7, 11) is 0. The predicted octanol–water partition coefficient (Wildman–Crippen LogP) is 2.58. The summed E-state index contributed by atoms with van der Waals surface area (Å²) in [6, 6.07) is 3.97. The highest BCUT2D eigenvalue weighted by molar-refractivity contribution is 5.25. The molecular weight excluding hydrogens is 212 g/mol. The summed E-state index contributed by atoms with van der Waals surface area (Å²) in [6.45, 7) is 10.3. The van der Waals surface area contributed by atoms with Crippen LogP contribution in [0.4, 0.5) is 0 Å². The summed E-state index contributed by atoms with van der Waals surface area (Å²) in [5, 5.41) is 4.56. The van der Waals surface area contributed by atoms with E-state index in [9.17, 15) is 0 Å². The van der Waals surface area contributed by atoms with Crippen LogP contribution >= 0.6 is 0 Å². The summed E-state index contributed by atoms with van der Waals surface area (Å²) in [6.07, 6.45) is 1.95. The molecule has 2 aromatic heterocycles. The minimum atomic E-state index is 0.0579. The van der Waals surface area contributed by atoms with Crippen molar-refractivity contribution in [1.82, 2.24) is 19.7 Å². The van der Waals surface area contributed by atoms with Crippen molar-refractivity contribution in [1.29, 1.82) is 0 Å². The number of aromatic nitrogens is 4. The zero-order chi connectivity index (χ0) is 12.6. The fourth-order valence-corrected chi connectivity index (χ4v) is 1.67. The smallest absolute Gasteiger partial charge is 0.157 e. The second-order valence-corrected chi connectivity index (χ2v) is 5.31. The van der Waals surface area contributed by atoms with Crippen LogP contribution in [0, 0.1) is 13.8 Å². The van der Waals surface area contributed by atoms with E-state index in [0.717, 1.165) is 23.0 Å². The summed E-state index contributed by atoms with van der Waals surface area (Å²) in [5.74, 6) is 1.60. The molecule has 0 fully saturated rings. The van der Waals surface area contributed by atoms with E-state index in [4.69, 9.17) is 0 Å². The van der Waals surface area contributed by atoms with Crippen LogP contribution < -0.4 is 0 Å². The van der Waals surface area contributed by atoms with E-state index in [1.54, 1.807) is 0 Å². The second-order valence-electron chi connectivity index (χ2n) is 5.31. The number of aryl methyl sites for hydroxylation is 2. The van der Waals surface area contributed by atoms with E-state index < -0.39 is 0 Å². The molecule has 4 heteroatoms. The second kappa shape index (κ2) is 3.95. The van der Waals surface area contributed by atoms with Crippen LogP contribution in [0.25, 0.3) is 5.82 Å². The Bertz CT molecular complexity index is 514. The Kier molecular flexibility index (Phi) is 2.73. The minimum absolute atomic E-state index is 0.0579. The van der Waals surface area contributed by atoms with E-state index in [-0.39, 0.29) is 5.41 Å². The Morgan fingerprint density at radius 3 is 2.35 bits per heavy atom. The molecular formula is C13H18N4. The van der Waals surface area contributed by atoms with Gasteiger partial charge in [-0.25, -0.2) is 14.6 Å². The lowest BCUT2D eigenvalue weighted by atomic mass is 9.93. The van der Waals surface area contributed by atoms with E-state index in [1.165, 1.54) is 0 Å². The van der Waals surface area contributed by atoms with Gasteiger partial charge in [0.15, 0.2) is 5.82 Å². The first-order chi connectivity index (χ1) is 7.86. The van der Waals surface area contributed by atoms with Gasteiger partial charge in [-0.2, -0.15) is 5.10 Å². The fourth-order valence-electron chi connectivity index (χ4n) is 1.67. The summed E-state index contributed by atoms with van der Waals surface area (Å²) in [4.78, 5) is 8.65. The lowest BCUT2D eigenvalue weighted by Gasteiger charge is -2.14. The van der Waals surface area contributed by atoms with Gasteiger partial charge in [-0.15, -0.1) is 0 Å². The largest absolute Gasteiger partial charge is 0.238 e. The molecule has 0 bridgehead atoms. The summed E-state index contributed by atoms with van der Waals surface area (Å²) in [5.41, 5.74) is 2.08. The average Bonchev–Trinajstić information content (AvgIpc) is 2.63. The molecule has 2 rings (SSSR count). The maximum atomic E-state index is 4.56. The van der Waals surface area contributed by atoms with Crippen molar-refractivity contribution in [3.8, 4) is 5.82 Å². The quantitative estimate of drug-likeness (QED) is 0.756. The highest BCUT2D eigenvalue weighted by Crippen LogP contribution is 2.20. The molecule has 2 aromatic rings. The van der Waals surface area contributed by atoms with Crippen LogP contribution in [0.1, 0.15) is 38.0 Å². The third-order valence-electron chi connectivity index (χ3n) is 2.54. The molecule has 90 valence electrons. The van der Waals surface area contributed by atoms with Crippen LogP contribution in [0.15, 0.2) is 18.3 Å². The monoisotopic (exact) mass is 230 g/mol. The van der Waals surface area contributed by atoms with Crippen LogP contribution in [0.2, 0.25) is 0 Å². The highest BCUT2D eigenvalue weighted by Gasteiger charge is 2.17. The molecule has 0 aliphatic carbocycles. The number of hydrogen-bond acceptors (Lipinski definition) is 3. The van der Waals surface area contributed by atoms with Crippen molar-refractivity contribution in [3.63, 3.8) is 0 Å². The van der Waals surface area contributed by atoms with E-state index in [0.29, 0.717) is 0 Å². The zero-order valence-corrected chi connectivity index (χ0v) is 11.0. The van der Waals surface area contributed by atoms with E-state index >= 15 is 0 Å².